The van der Waals surface area contributed by atoms with E-state index in [4.69, 9.17) is 5.11 Å². The number of aliphatic carboxylic acids is 1. The molecular weight excluding hydrogens is 302 g/mol. The third-order valence-corrected chi connectivity index (χ3v) is 4.61. The first kappa shape index (κ1) is 14.7. The molecule has 20 heavy (non-hydrogen) atoms. The third kappa shape index (κ3) is 3.89. The van der Waals surface area contributed by atoms with Gasteiger partial charge in [0, 0.05) is 12.7 Å². The van der Waals surface area contributed by atoms with Gasteiger partial charge in [0.25, 0.3) is 0 Å². The van der Waals surface area contributed by atoms with Crippen molar-refractivity contribution < 1.29 is 18.3 Å². The van der Waals surface area contributed by atoms with Crippen LogP contribution in [0.25, 0.3) is 0 Å². The van der Waals surface area contributed by atoms with Gasteiger partial charge in [-0.15, -0.1) is 0 Å². The Hall–Kier alpha value is -1.71. The number of carbonyl (C=O) groups is 1. The number of aromatic nitrogens is 2. The lowest BCUT2D eigenvalue weighted by Gasteiger charge is -2.02. The average Bonchev–Trinajstić information content (AvgIpc) is 3.05. The molecule has 0 spiro atoms. The lowest BCUT2D eigenvalue weighted by molar-refractivity contribution is -0.137. The van der Waals surface area contributed by atoms with Crippen LogP contribution in [0.4, 0.5) is 0 Å². The van der Waals surface area contributed by atoms with Crippen molar-refractivity contribution in [2.75, 3.05) is 0 Å². The van der Waals surface area contributed by atoms with Crippen LogP contribution in [0.3, 0.4) is 0 Å². The molecule has 2 N–H and O–H groups in total. The number of rotatable bonds is 7. The molecule has 2 heterocycles. The maximum Gasteiger partial charge on any atom is 0.305 e. The van der Waals surface area contributed by atoms with Crippen molar-refractivity contribution >= 4 is 27.3 Å². The number of hydrogen-bond acceptors (Lipinski definition) is 5. The number of nitrogens with one attached hydrogen (secondary N) is 1. The topological polar surface area (TPSA) is 101 Å². The number of aryl methyl sites for hydroxylation is 1. The molecule has 9 heteroatoms. The van der Waals surface area contributed by atoms with E-state index in [1.165, 1.54) is 28.4 Å². The average molecular weight is 315 g/mol. The van der Waals surface area contributed by atoms with Crippen LogP contribution in [0.2, 0.25) is 0 Å². The third-order valence-electron chi connectivity index (χ3n) is 2.52. The predicted octanol–water partition coefficient (Wildman–Crippen LogP) is 0.898. The molecule has 0 fully saturated rings. The summed E-state index contributed by atoms with van der Waals surface area (Å²) in [6.07, 6.45) is 2.42. The van der Waals surface area contributed by atoms with Crippen LogP contribution in [0, 0.1) is 0 Å². The standard InChI is InChI=1S/C11H13N3O4S2/c15-11(16)1-3-14-7-10(6-12-14)20(17,18)13-5-9-2-4-19-8-9/h2,4,6-8,13H,1,3,5H2,(H,15,16). The van der Waals surface area contributed by atoms with Crippen LogP contribution in [0.15, 0.2) is 34.1 Å². The van der Waals surface area contributed by atoms with E-state index in [0.717, 1.165) is 5.56 Å². The van der Waals surface area contributed by atoms with Crippen LogP contribution in [-0.4, -0.2) is 29.3 Å². The van der Waals surface area contributed by atoms with E-state index in [2.05, 4.69) is 9.82 Å². The zero-order chi connectivity index (χ0) is 14.6. The Labute approximate surface area is 119 Å². The van der Waals surface area contributed by atoms with Crippen LogP contribution >= 0.6 is 11.3 Å². The van der Waals surface area contributed by atoms with Crippen LogP contribution in [0.5, 0.6) is 0 Å². The van der Waals surface area contributed by atoms with Crippen LogP contribution in [0.1, 0.15) is 12.0 Å². The molecule has 0 bridgehead atoms. The van der Waals surface area contributed by atoms with Gasteiger partial charge in [-0.3, -0.25) is 9.48 Å². The van der Waals surface area contributed by atoms with Crippen molar-refractivity contribution in [2.24, 2.45) is 0 Å². The predicted molar refractivity (Wildman–Crippen MR) is 72.8 cm³/mol. The van der Waals surface area contributed by atoms with Gasteiger partial charge in [-0.05, 0) is 22.4 Å². The fourth-order valence-corrected chi connectivity index (χ4v) is 3.11. The fraction of sp³-hybridized carbons (Fsp3) is 0.273. The maximum absolute atomic E-state index is 12.0. The minimum Gasteiger partial charge on any atom is -0.481 e. The highest BCUT2D eigenvalue weighted by atomic mass is 32.2. The van der Waals surface area contributed by atoms with Gasteiger partial charge in [0.15, 0.2) is 0 Å². The van der Waals surface area contributed by atoms with E-state index < -0.39 is 16.0 Å². The van der Waals surface area contributed by atoms with Gasteiger partial charge >= 0.3 is 5.97 Å². The van der Waals surface area contributed by atoms with Gasteiger partial charge < -0.3 is 5.11 Å². The quantitative estimate of drug-likeness (QED) is 0.790. The minimum atomic E-state index is -3.63. The number of carboxylic acid groups (broad SMARTS) is 1. The lowest BCUT2D eigenvalue weighted by Crippen LogP contribution is -2.22. The molecule has 0 radical (unpaired) electrons. The zero-order valence-corrected chi connectivity index (χ0v) is 12.0. The Morgan fingerprint density at radius 2 is 2.30 bits per heavy atom. The fourth-order valence-electron chi connectivity index (χ4n) is 1.47. The second-order valence-electron chi connectivity index (χ2n) is 4.04. The van der Waals surface area contributed by atoms with Gasteiger partial charge in [0.2, 0.25) is 10.0 Å². The molecule has 7 nitrogen and oxygen atoms in total. The Balaban J connectivity index is 2.00. The first-order chi connectivity index (χ1) is 9.47. The minimum absolute atomic E-state index is 0.0260. The summed E-state index contributed by atoms with van der Waals surface area (Å²) < 4.78 is 27.8. The monoisotopic (exact) mass is 315 g/mol. The summed E-state index contributed by atoms with van der Waals surface area (Å²) in [4.78, 5) is 10.5. The van der Waals surface area contributed by atoms with Crippen molar-refractivity contribution in [3.05, 3.63) is 34.8 Å². The largest absolute Gasteiger partial charge is 0.481 e. The van der Waals surface area contributed by atoms with Gasteiger partial charge in [0.05, 0.1) is 19.2 Å². The molecule has 0 aliphatic rings. The van der Waals surface area contributed by atoms with E-state index in [-0.39, 0.29) is 24.4 Å². The Morgan fingerprint density at radius 1 is 1.50 bits per heavy atom. The number of thiophene rings is 1. The molecule has 0 aliphatic carbocycles. The highest BCUT2D eigenvalue weighted by molar-refractivity contribution is 7.89. The smallest absolute Gasteiger partial charge is 0.305 e. The summed E-state index contributed by atoms with van der Waals surface area (Å²) in [5, 5.41) is 16.1. The van der Waals surface area contributed by atoms with Gasteiger partial charge in [-0.2, -0.15) is 16.4 Å². The number of hydrogen-bond donors (Lipinski definition) is 2. The number of nitrogens with zero attached hydrogens (tertiary/aromatic N) is 2. The maximum atomic E-state index is 12.0. The van der Waals surface area contributed by atoms with Crippen molar-refractivity contribution in [1.82, 2.24) is 14.5 Å². The molecule has 0 saturated carbocycles. The highest BCUT2D eigenvalue weighted by Gasteiger charge is 2.16. The second-order valence-corrected chi connectivity index (χ2v) is 6.59. The summed E-state index contributed by atoms with van der Waals surface area (Å²) in [5.41, 5.74) is 0.886. The van der Waals surface area contributed by atoms with Crippen molar-refractivity contribution in [2.45, 2.75) is 24.4 Å². The summed E-state index contributed by atoms with van der Waals surface area (Å²) in [6.45, 7) is 0.349. The molecule has 2 rings (SSSR count). The van der Waals surface area contributed by atoms with E-state index in [1.54, 1.807) is 0 Å². The SMILES string of the molecule is O=C(O)CCn1cc(S(=O)(=O)NCc2ccsc2)cn1. The molecule has 0 amide bonds. The lowest BCUT2D eigenvalue weighted by atomic mass is 10.4. The summed E-state index contributed by atoms with van der Waals surface area (Å²) >= 11 is 1.49. The molecule has 0 atom stereocenters. The van der Waals surface area contributed by atoms with Gasteiger partial charge in [-0.1, -0.05) is 0 Å². The molecule has 2 aromatic rings. The van der Waals surface area contributed by atoms with Gasteiger partial charge in [0.1, 0.15) is 4.90 Å². The first-order valence-corrected chi connectivity index (χ1v) is 8.15. The molecular formula is C11H13N3O4S2. The van der Waals surface area contributed by atoms with E-state index in [1.807, 2.05) is 16.8 Å². The van der Waals surface area contributed by atoms with Crippen molar-refractivity contribution in [3.63, 3.8) is 0 Å². The second kappa shape index (κ2) is 6.16. The number of sulfonamides is 1. The molecule has 108 valence electrons. The molecule has 0 aliphatic heterocycles. The molecule has 2 aromatic heterocycles. The summed E-state index contributed by atoms with van der Waals surface area (Å²) in [6, 6.07) is 1.84. The summed E-state index contributed by atoms with van der Waals surface area (Å²) in [7, 11) is -3.63. The zero-order valence-electron chi connectivity index (χ0n) is 10.4. The number of carboxylic acids is 1. The molecule has 0 aromatic carbocycles. The first-order valence-electron chi connectivity index (χ1n) is 5.72. The Kier molecular flexibility index (Phi) is 4.53. The van der Waals surface area contributed by atoms with E-state index >= 15 is 0 Å². The van der Waals surface area contributed by atoms with Gasteiger partial charge in [-0.25, -0.2) is 13.1 Å². The normalized spacial score (nSPS) is 11.6. The highest BCUT2D eigenvalue weighted by Crippen LogP contribution is 2.10. The van der Waals surface area contributed by atoms with Crippen molar-refractivity contribution in [1.29, 1.82) is 0 Å². The van der Waals surface area contributed by atoms with E-state index in [9.17, 15) is 13.2 Å². The van der Waals surface area contributed by atoms with E-state index in [0.29, 0.717) is 0 Å². The molecule has 0 saturated heterocycles. The molecule has 0 unspecified atom stereocenters. The van der Waals surface area contributed by atoms with Crippen molar-refractivity contribution in [3.8, 4) is 0 Å². The van der Waals surface area contributed by atoms with Crippen LogP contribution < -0.4 is 4.72 Å². The van der Waals surface area contributed by atoms with Crippen LogP contribution in [-0.2, 0) is 27.9 Å². The Bertz CT molecular complexity index is 676. The summed E-state index contributed by atoms with van der Waals surface area (Å²) in [5.74, 6) is -0.958. The Morgan fingerprint density at radius 3 is 2.95 bits per heavy atom.